The largest absolute Gasteiger partial charge is 0.497 e. The van der Waals surface area contributed by atoms with Crippen LogP contribution in [0.3, 0.4) is 0 Å². The van der Waals surface area contributed by atoms with E-state index in [-0.39, 0.29) is 18.9 Å². The molecule has 2 atom stereocenters. The summed E-state index contributed by atoms with van der Waals surface area (Å²) < 4.78 is 18.9. The van der Waals surface area contributed by atoms with Crippen molar-refractivity contribution in [3.63, 3.8) is 0 Å². The van der Waals surface area contributed by atoms with Gasteiger partial charge in [-0.15, -0.1) is 0 Å². The first kappa shape index (κ1) is 22.4. The molecule has 4 heterocycles. The molecule has 1 fully saturated rings. The zero-order chi connectivity index (χ0) is 24.8. The molecule has 1 N–H and O–H groups in total. The number of hydrogen-bond donors (Lipinski definition) is 1. The third-order valence-electron chi connectivity index (χ3n) is 6.83. The molecule has 2 aliphatic heterocycles. The van der Waals surface area contributed by atoms with E-state index < -0.39 is 0 Å². The molecule has 0 bridgehead atoms. The highest BCUT2D eigenvalue weighted by Crippen LogP contribution is 2.44. The van der Waals surface area contributed by atoms with Gasteiger partial charge in [0.15, 0.2) is 16.6 Å². The lowest BCUT2D eigenvalue weighted by Gasteiger charge is -2.28. The lowest BCUT2D eigenvalue weighted by molar-refractivity contribution is 0.174. The first-order chi connectivity index (χ1) is 17.5. The van der Waals surface area contributed by atoms with Crippen LogP contribution in [0.25, 0.3) is 5.69 Å². The van der Waals surface area contributed by atoms with Gasteiger partial charge in [-0.2, -0.15) is 0 Å². The minimum atomic E-state index is -0.129. The molecule has 0 aliphatic carbocycles. The summed E-state index contributed by atoms with van der Waals surface area (Å²) in [6, 6.07) is 22.0. The Bertz CT molecular complexity index is 1450. The summed E-state index contributed by atoms with van der Waals surface area (Å²) in [6.45, 7) is 4.51. The topological polar surface area (TPSA) is 60.8 Å². The fourth-order valence-corrected chi connectivity index (χ4v) is 5.56. The summed E-state index contributed by atoms with van der Waals surface area (Å²) in [5, 5.41) is 4.19. The highest BCUT2D eigenvalue weighted by Gasteiger charge is 2.42. The second-order valence-corrected chi connectivity index (χ2v) is 9.28. The Morgan fingerprint density at radius 3 is 2.64 bits per heavy atom. The number of nitrogens with zero attached hydrogens (tertiary/aromatic N) is 3. The molecule has 7 nitrogen and oxygen atoms in total. The van der Waals surface area contributed by atoms with Gasteiger partial charge in [-0.1, -0.05) is 12.1 Å². The van der Waals surface area contributed by atoms with Crippen molar-refractivity contribution < 1.29 is 14.2 Å². The maximum absolute atomic E-state index is 5.90. The normalized spacial score (nSPS) is 18.4. The molecule has 4 aromatic rings. The molecule has 0 unspecified atom stereocenters. The van der Waals surface area contributed by atoms with Crippen LogP contribution in [0.15, 0.2) is 72.9 Å². The molecule has 0 spiro atoms. The number of ether oxygens (including phenoxy) is 3. The summed E-state index contributed by atoms with van der Waals surface area (Å²) in [5.74, 6) is 2.31. The molecular weight excluding hydrogens is 472 g/mol. The molecule has 2 aliphatic rings. The Hall–Kier alpha value is -4.04. The van der Waals surface area contributed by atoms with Gasteiger partial charge in [-0.25, -0.2) is 0 Å². The predicted molar refractivity (Wildman–Crippen MR) is 142 cm³/mol. The van der Waals surface area contributed by atoms with E-state index in [2.05, 4.69) is 51.8 Å². The van der Waals surface area contributed by atoms with Crippen LogP contribution in [-0.2, 0) is 0 Å². The van der Waals surface area contributed by atoms with Crippen molar-refractivity contribution in [2.45, 2.75) is 25.9 Å². The van der Waals surface area contributed by atoms with Gasteiger partial charge in [0.1, 0.15) is 5.75 Å². The van der Waals surface area contributed by atoms with Crippen molar-refractivity contribution in [1.29, 1.82) is 0 Å². The van der Waals surface area contributed by atoms with Crippen molar-refractivity contribution in [2.24, 2.45) is 0 Å². The molecule has 1 saturated heterocycles. The van der Waals surface area contributed by atoms with Gasteiger partial charge in [-0.05, 0) is 74.1 Å². The monoisotopic (exact) mass is 498 g/mol. The van der Waals surface area contributed by atoms with Gasteiger partial charge in [0, 0.05) is 41.1 Å². The number of pyridine rings is 1. The van der Waals surface area contributed by atoms with Crippen LogP contribution in [-0.4, -0.2) is 28.6 Å². The lowest BCUT2D eigenvalue weighted by Crippen LogP contribution is -2.29. The molecule has 0 amide bonds. The summed E-state index contributed by atoms with van der Waals surface area (Å²) in [6.07, 6.45) is 1.82. The summed E-state index contributed by atoms with van der Waals surface area (Å²) >= 11 is 5.90. The van der Waals surface area contributed by atoms with Gasteiger partial charge >= 0.3 is 0 Å². The zero-order valence-corrected chi connectivity index (χ0v) is 21.1. The number of rotatable bonds is 5. The number of fused-ring (bicyclic) bond motifs is 1. The van der Waals surface area contributed by atoms with E-state index in [0.29, 0.717) is 5.11 Å². The second kappa shape index (κ2) is 8.87. The molecule has 8 heteroatoms. The summed E-state index contributed by atoms with van der Waals surface area (Å²) in [4.78, 5) is 6.85. The molecule has 0 saturated carbocycles. The average molecular weight is 499 g/mol. The summed E-state index contributed by atoms with van der Waals surface area (Å²) in [5.41, 5.74) is 6.32. The Kier molecular flexibility index (Phi) is 5.53. The van der Waals surface area contributed by atoms with Crippen LogP contribution in [0, 0.1) is 13.8 Å². The fourth-order valence-electron chi connectivity index (χ4n) is 5.22. The third-order valence-corrected chi connectivity index (χ3v) is 7.15. The Morgan fingerprint density at radius 1 is 0.972 bits per heavy atom. The maximum atomic E-state index is 5.90. The van der Waals surface area contributed by atoms with E-state index in [1.807, 2.05) is 54.7 Å². The van der Waals surface area contributed by atoms with E-state index in [1.54, 1.807) is 7.11 Å². The number of benzene rings is 2. The molecular formula is C28H26N4O3S. The Labute approximate surface area is 215 Å². The van der Waals surface area contributed by atoms with E-state index >= 15 is 0 Å². The number of nitrogens with one attached hydrogen (secondary N) is 1. The van der Waals surface area contributed by atoms with E-state index in [4.69, 9.17) is 26.4 Å². The minimum Gasteiger partial charge on any atom is -0.497 e. The number of hydrogen-bond acceptors (Lipinski definition) is 5. The third kappa shape index (κ3) is 3.65. The number of anilines is 1. The first-order valence-corrected chi connectivity index (χ1v) is 12.2. The second-order valence-electron chi connectivity index (χ2n) is 8.90. The number of aryl methyl sites for hydroxylation is 1. The molecule has 36 heavy (non-hydrogen) atoms. The zero-order valence-electron chi connectivity index (χ0n) is 20.3. The van der Waals surface area contributed by atoms with Crippen LogP contribution in [0.4, 0.5) is 5.69 Å². The Balaban J connectivity index is 1.50. The van der Waals surface area contributed by atoms with E-state index in [9.17, 15) is 0 Å². The van der Waals surface area contributed by atoms with Gasteiger partial charge in [0.2, 0.25) is 6.79 Å². The molecule has 6 rings (SSSR count). The lowest BCUT2D eigenvalue weighted by atomic mass is 9.96. The first-order valence-electron chi connectivity index (χ1n) is 11.8. The van der Waals surface area contributed by atoms with Crippen molar-refractivity contribution in [2.75, 3.05) is 18.8 Å². The molecule has 0 radical (unpaired) electrons. The highest BCUT2D eigenvalue weighted by atomic mass is 32.1. The number of thiocarbonyl (C=S) groups is 1. The average Bonchev–Trinajstić information content (AvgIpc) is 3.59. The van der Waals surface area contributed by atoms with Crippen LogP contribution >= 0.6 is 12.2 Å². The Morgan fingerprint density at radius 2 is 1.83 bits per heavy atom. The number of methoxy groups -OCH3 is 1. The van der Waals surface area contributed by atoms with Gasteiger partial charge in [0.25, 0.3) is 0 Å². The van der Waals surface area contributed by atoms with Crippen molar-refractivity contribution in [1.82, 2.24) is 14.9 Å². The van der Waals surface area contributed by atoms with Crippen molar-refractivity contribution in [3.8, 4) is 22.9 Å². The summed E-state index contributed by atoms with van der Waals surface area (Å²) in [7, 11) is 1.67. The highest BCUT2D eigenvalue weighted by molar-refractivity contribution is 7.80. The van der Waals surface area contributed by atoms with Gasteiger partial charge in [-0.3, -0.25) is 4.98 Å². The van der Waals surface area contributed by atoms with Gasteiger partial charge < -0.3 is 29.0 Å². The van der Waals surface area contributed by atoms with Crippen LogP contribution in [0.5, 0.6) is 17.2 Å². The fraction of sp³-hybridized carbons (Fsp3) is 0.214. The van der Waals surface area contributed by atoms with E-state index in [1.165, 1.54) is 0 Å². The number of aromatic nitrogens is 2. The SMILES string of the molecule is COc1cccc(N2C(=S)N[C@H](c3ccccn3)[C@H]2c2cc(C)n(-c3ccc4c(c3)OCO4)c2C)c1. The maximum Gasteiger partial charge on any atom is 0.231 e. The van der Waals surface area contributed by atoms with Gasteiger partial charge in [0.05, 0.1) is 24.9 Å². The molecule has 2 aromatic carbocycles. The van der Waals surface area contributed by atoms with Crippen LogP contribution in [0.1, 0.15) is 34.7 Å². The van der Waals surface area contributed by atoms with Crippen molar-refractivity contribution in [3.05, 3.63) is 95.6 Å². The standard InChI is InChI=1S/C28H26N4O3S/c1-17-13-22(18(2)31(17)20-10-11-24-25(15-20)35-16-34-24)27-26(23-9-4-5-12-29-23)30-28(36)32(27)19-7-6-8-21(14-19)33-3/h4-15,26-27H,16H2,1-3H3,(H,30,36)/t26-,27-/m1/s1. The van der Waals surface area contributed by atoms with Crippen LogP contribution < -0.4 is 24.4 Å². The van der Waals surface area contributed by atoms with Crippen molar-refractivity contribution >= 4 is 23.0 Å². The van der Waals surface area contributed by atoms with Crippen LogP contribution in [0.2, 0.25) is 0 Å². The molecule has 2 aromatic heterocycles. The minimum absolute atomic E-state index is 0.117. The van der Waals surface area contributed by atoms with E-state index in [0.717, 1.165) is 51.3 Å². The molecule has 182 valence electrons. The smallest absolute Gasteiger partial charge is 0.231 e. The predicted octanol–water partition coefficient (Wildman–Crippen LogP) is 5.40. The quantitative estimate of drug-likeness (QED) is 0.370.